The molecule has 8 heteroatoms. The van der Waals surface area contributed by atoms with Crippen molar-refractivity contribution >= 4 is 16.2 Å². The summed E-state index contributed by atoms with van der Waals surface area (Å²) in [6.45, 7) is 2.39. The van der Waals surface area contributed by atoms with Crippen LogP contribution in [0.2, 0.25) is 0 Å². The number of rotatable bonds is 6. The molecule has 2 unspecified atom stereocenters. The largest absolute Gasteiger partial charge is 0.480 e. The lowest BCUT2D eigenvalue weighted by Crippen LogP contribution is -2.51. The summed E-state index contributed by atoms with van der Waals surface area (Å²) in [4.78, 5) is 10.9. The van der Waals surface area contributed by atoms with Crippen LogP contribution in [-0.4, -0.2) is 54.6 Å². The van der Waals surface area contributed by atoms with E-state index in [9.17, 15) is 13.2 Å². The first kappa shape index (κ1) is 15.4. The third-order valence-corrected chi connectivity index (χ3v) is 4.56. The Morgan fingerprint density at radius 1 is 1.56 bits per heavy atom. The van der Waals surface area contributed by atoms with Crippen LogP contribution in [0.4, 0.5) is 0 Å². The van der Waals surface area contributed by atoms with Gasteiger partial charge in [0.05, 0.1) is 0 Å². The number of carboxylic acids is 1. The minimum Gasteiger partial charge on any atom is -0.480 e. The number of hydrogen-bond acceptors (Lipinski definition) is 4. The van der Waals surface area contributed by atoms with Gasteiger partial charge in [0.2, 0.25) is 0 Å². The van der Waals surface area contributed by atoms with Gasteiger partial charge in [-0.3, -0.25) is 4.79 Å². The van der Waals surface area contributed by atoms with Crippen molar-refractivity contribution in [1.82, 2.24) is 9.03 Å². The van der Waals surface area contributed by atoms with Gasteiger partial charge in [-0.25, -0.2) is 0 Å². The molecule has 7 nitrogen and oxygen atoms in total. The summed E-state index contributed by atoms with van der Waals surface area (Å²) in [7, 11) is -3.79. The molecule has 0 spiro atoms. The van der Waals surface area contributed by atoms with Crippen molar-refractivity contribution in [2.45, 2.75) is 32.2 Å². The van der Waals surface area contributed by atoms with Gasteiger partial charge in [-0.1, -0.05) is 6.92 Å². The molecule has 1 heterocycles. The van der Waals surface area contributed by atoms with Crippen LogP contribution in [0.3, 0.4) is 0 Å². The summed E-state index contributed by atoms with van der Waals surface area (Å²) in [6, 6.07) is -1.28. The van der Waals surface area contributed by atoms with Gasteiger partial charge in [-0.2, -0.15) is 17.4 Å². The molecule has 0 saturated carbocycles. The van der Waals surface area contributed by atoms with Crippen LogP contribution in [0.1, 0.15) is 26.2 Å². The maximum atomic E-state index is 12.0. The number of hydrogen-bond donors (Lipinski definition) is 3. The number of nitrogens with one attached hydrogen (secondary N) is 1. The zero-order chi connectivity index (χ0) is 13.8. The molecule has 2 atom stereocenters. The molecule has 0 amide bonds. The van der Waals surface area contributed by atoms with Crippen molar-refractivity contribution in [1.29, 1.82) is 0 Å². The number of aliphatic hydroxyl groups is 1. The van der Waals surface area contributed by atoms with E-state index in [0.717, 1.165) is 12.8 Å². The summed E-state index contributed by atoms with van der Waals surface area (Å²) in [5.41, 5.74) is 0. The smallest absolute Gasteiger partial charge is 0.321 e. The monoisotopic (exact) mass is 280 g/mol. The summed E-state index contributed by atoms with van der Waals surface area (Å²) in [5, 5.41) is 17.6. The fraction of sp³-hybridized carbons (Fsp3) is 0.900. The minimum atomic E-state index is -3.79. The van der Waals surface area contributed by atoms with Crippen molar-refractivity contribution < 1.29 is 23.4 Å². The van der Waals surface area contributed by atoms with E-state index in [1.165, 1.54) is 4.31 Å². The van der Waals surface area contributed by atoms with E-state index in [4.69, 9.17) is 10.2 Å². The Hall–Kier alpha value is -0.700. The average Bonchev–Trinajstić information content (AvgIpc) is 2.28. The van der Waals surface area contributed by atoms with Crippen molar-refractivity contribution in [3.05, 3.63) is 0 Å². The van der Waals surface area contributed by atoms with Gasteiger partial charge in [0, 0.05) is 19.7 Å². The first-order valence-corrected chi connectivity index (χ1v) is 7.42. The second-order valence-electron chi connectivity index (χ2n) is 4.63. The van der Waals surface area contributed by atoms with E-state index in [2.05, 4.69) is 4.72 Å². The number of aliphatic carboxylic acids is 1. The summed E-state index contributed by atoms with van der Waals surface area (Å²) < 4.78 is 27.4. The Labute approximate surface area is 107 Å². The maximum absolute atomic E-state index is 12.0. The highest BCUT2D eigenvalue weighted by Gasteiger charge is 2.31. The summed E-state index contributed by atoms with van der Waals surface area (Å²) in [5.74, 6) is -1.01. The lowest BCUT2D eigenvalue weighted by molar-refractivity contribution is -0.139. The zero-order valence-electron chi connectivity index (χ0n) is 10.4. The molecule has 18 heavy (non-hydrogen) atoms. The van der Waals surface area contributed by atoms with Crippen molar-refractivity contribution in [2.75, 3.05) is 19.7 Å². The van der Waals surface area contributed by atoms with E-state index in [1.807, 2.05) is 6.92 Å². The van der Waals surface area contributed by atoms with Crippen molar-refractivity contribution in [2.24, 2.45) is 5.92 Å². The SMILES string of the molecule is CC1CCCN(S(=O)(=O)NC(CCO)C(=O)O)C1. The summed E-state index contributed by atoms with van der Waals surface area (Å²) >= 11 is 0. The number of nitrogens with zero attached hydrogens (tertiary/aromatic N) is 1. The van der Waals surface area contributed by atoms with Gasteiger partial charge in [-0.15, -0.1) is 0 Å². The molecule has 1 rings (SSSR count). The topological polar surface area (TPSA) is 107 Å². The van der Waals surface area contributed by atoms with Crippen LogP contribution < -0.4 is 4.72 Å². The highest BCUT2D eigenvalue weighted by Crippen LogP contribution is 2.18. The Morgan fingerprint density at radius 3 is 2.72 bits per heavy atom. The van der Waals surface area contributed by atoms with E-state index in [0.29, 0.717) is 13.1 Å². The molecule has 1 saturated heterocycles. The van der Waals surface area contributed by atoms with E-state index < -0.39 is 22.2 Å². The fourth-order valence-electron chi connectivity index (χ4n) is 1.98. The highest BCUT2D eigenvalue weighted by atomic mass is 32.2. The van der Waals surface area contributed by atoms with Crippen molar-refractivity contribution in [3.8, 4) is 0 Å². The average molecular weight is 280 g/mol. The predicted octanol–water partition coefficient (Wildman–Crippen LogP) is -0.612. The van der Waals surface area contributed by atoms with E-state index in [1.54, 1.807) is 0 Å². The van der Waals surface area contributed by atoms with Crippen LogP contribution in [0, 0.1) is 5.92 Å². The van der Waals surface area contributed by atoms with Gasteiger partial charge < -0.3 is 10.2 Å². The normalized spacial score (nSPS) is 23.8. The molecule has 106 valence electrons. The molecule has 1 fully saturated rings. The Morgan fingerprint density at radius 2 is 2.22 bits per heavy atom. The lowest BCUT2D eigenvalue weighted by Gasteiger charge is -2.30. The first-order valence-electron chi connectivity index (χ1n) is 5.98. The molecule has 0 aromatic heterocycles. The molecular formula is C10H20N2O5S. The Kier molecular flexibility index (Phi) is 5.51. The summed E-state index contributed by atoms with van der Waals surface area (Å²) in [6.07, 6.45) is 1.61. The predicted molar refractivity (Wildman–Crippen MR) is 65.2 cm³/mol. The van der Waals surface area contributed by atoms with E-state index >= 15 is 0 Å². The third kappa shape index (κ3) is 4.20. The maximum Gasteiger partial charge on any atom is 0.321 e. The zero-order valence-corrected chi connectivity index (χ0v) is 11.2. The van der Waals surface area contributed by atoms with Gasteiger partial charge in [0.25, 0.3) is 10.2 Å². The highest BCUT2D eigenvalue weighted by molar-refractivity contribution is 7.87. The van der Waals surface area contributed by atoms with Gasteiger partial charge in [0.15, 0.2) is 0 Å². The van der Waals surface area contributed by atoms with Crippen LogP contribution in [0.15, 0.2) is 0 Å². The fourth-order valence-corrected chi connectivity index (χ4v) is 3.53. The number of piperidine rings is 1. The van der Waals surface area contributed by atoms with Crippen LogP contribution >= 0.6 is 0 Å². The molecular weight excluding hydrogens is 260 g/mol. The minimum absolute atomic E-state index is 0.141. The Bertz CT molecular complexity index is 384. The quantitative estimate of drug-likeness (QED) is 0.601. The number of carboxylic acid groups (broad SMARTS) is 1. The third-order valence-electron chi connectivity index (χ3n) is 2.97. The lowest BCUT2D eigenvalue weighted by atomic mass is 10.0. The first-order chi connectivity index (χ1) is 8.36. The Balaban J connectivity index is 2.70. The molecule has 1 aliphatic heterocycles. The molecule has 0 radical (unpaired) electrons. The molecule has 0 bridgehead atoms. The second kappa shape index (κ2) is 6.46. The van der Waals surface area contributed by atoms with Gasteiger partial charge in [-0.05, 0) is 25.2 Å². The van der Waals surface area contributed by atoms with Gasteiger partial charge >= 0.3 is 5.97 Å². The number of carbonyl (C=O) groups is 1. The molecule has 0 aromatic rings. The molecule has 0 aromatic carbocycles. The van der Waals surface area contributed by atoms with Crippen LogP contribution in [0.25, 0.3) is 0 Å². The van der Waals surface area contributed by atoms with Crippen LogP contribution in [0.5, 0.6) is 0 Å². The molecule has 3 N–H and O–H groups in total. The second-order valence-corrected chi connectivity index (χ2v) is 6.33. The van der Waals surface area contributed by atoms with Gasteiger partial charge in [0.1, 0.15) is 6.04 Å². The van der Waals surface area contributed by atoms with E-state index in [-0.39, 0.29) is 18.9 Å². The number of aliphatic hydroxyl groups excluding tert-OH is 1. The molecule has 1 aliphatic rings. The van der Waals surface area contributed by atoms with Crippen LogP contribution in [-0.2, 0) is 15.0 Å². The van der Waals surface area contributed by atoms with Crippen molar-refractivity contribution in [3.63, 3.8) is 0 Å². The molecule has 0 aliphatic carbocycles. The standard InChI is InChI=1S/C10H20N2O5S/c1-8-3-2-5-12(7-8)18(16,17)11-9(4-6-13)10(14)15/h8-9,11,13H,2-7H2,1H3,(H,14,15).